The second-order valence-electron chi connectivity index (χ2n) is 4.80. The molecule has 1 fully saturated rings. The summed E-state index contributed by atoms with van der Waals surface area (Å²) in [6.07, 6.45) is -7.04. The van der Waals surface area contributed by atoms with Crippen molar-refractivity contribution >= 4 is 23.9 Å². The minimum Gasteiger partial charge on any atom is -0.481 e. The van der Waals surface area contributed by atoms with Gasteiger partial charge < -0.3 is 50.7 Å². The van der Waals surface area contributed by atoms with Crippen LogP contribution in [0.1, 0.15) is 27.7 Å². The van der Waals surface area contributed by atoms with E-state index >= 15 is 0 Å². The van der Waals surface area contributed by atoms with E-state index in [1.165, 1.54) is 0 Å². The molecule has 1 rings (SSSR count). The second-order valence-corrected chi connectivity index (χ2v) is 4.80. The Labute approximate surface area is 159 Å². The van der Waals surface area contributed by atoms with E-state index in [0.717, 1.165) is 27.7 Å². The molecule has 28 heavy (non-hydrogen) atoms. The highest BCUT2D eigenvalue weighted by Gasteiger charge is 2.42. The molecule has 1 aliphatic rings. The summed E-state index contributed by atoms with van der Waals surface area (Å²) < 4.78 is 4.58. The summed E-state index contributed by atoms with van der Waals surface area (Å²) in [7, 11) is 0. The third-order valence-electron chi connectivity index (χ3n) is 1.87. The zero-order chi connectivity index (χ0) is 23.6. The van der Waals surface area contributed by atoms with Gasteiger partial charge in [-0.05, 0) is 0 Å². The molecule has 9 N–H and O–H groups in total. The van der Waals surface area contributed by atoms with Crippen molar-refractivity contribution in [1.29, 1.82) is 0 Å². The third-order valence-corrected chi connectivity index (χ3v) is 1.87. The predicted octanol–water partition coefficient (Wildman–Crippen LogP) is -2.86. The number of hydrogen-bond donors (Lipinski definition) is 9. The first-order valence-corrected chi connectivity index (χ1v) is 7.27. The Morgan fingerprint density at radius 2 is 0.893 bits per heavy atom. The Kier molecular flexibility index (Phi) is 23.0. The molecule has 0 aromatic carbocycles. The quantitative estimate of drug-likeness (QED) is 0.207. The standard InChI is InChI=1S/C6H12O6.4C2H4O2/c7-1-2-3(8)4(9)5(10)6(11)12-2;4*1-2(3)4/h2-11H,1H2;4*1H3,(H,3,4)/t2-,3-,4+,5-,6+;;;;/m1..../s1. The number of aliphatic hydroxyl groups excluding tert-OH is 5. The van der Waals surface area contributed by atoms with Gasteiger partial charge in [-0.3, -0.25) is 19.2 Å². The van der Waals surface area contributed by atoms with Crippen LogP contribution >= 0.6 is 0 Å². The molecular formula is C14H28O14. The summed E-state index contributed by atoms with van der Waals surface area (Å²) in [6.45, 7) is 3.81. The molecule has 1 heterocycles. The van der Waals surface area contributed by atoms with Gasteiger partial charge in [0.05, 0.1) is 6.61 Å². The topological polar surface area (TPSA) is 260 Å². The van der Waals surface area contributed by atoms with Crippen molar-refractivity contribution in [3.05, 3.63) is 0 Å². The van der Waals surface area contributed by atoms with Crippen molar-refractivity contribution in [3.63, 3.8) is 0 Å². The SMILES string of the molecule is CC(=O)O.CC(=O)O.CC(=O)O.CC(=O)O.OC[C@H]1O[C@H](O)[C@H](O)[C@@H](O)[C@@H]1O. The van der Waals surface area contributed by atoms with Crippen LogP contribution in [-0.2, 0) is 23.9 Å². The average Bonchev–Trinajstić information content (AvgIpc) is 2.46. The first-order valence-electron chi connectivity index (χ1n) is 7.27. The molecule has 0 radical (unpaired) electrons. The Bertz CT molecular complexity index is 383. The number of hydrogen-bond acceptors (Lipinski definition) is 10. The van der Waals surface area contributed by atoms with Gasteiger partial charge in [-0.15, -0.1) is 0 Å². The largest absolute Gasteiger partial charge is 0.481 e. The zero-order valence-electron chi connectivity index (χ0n) is 15.7. The molecule has 0 aromatic heterocycles. The van der Waals surface area contributed by atoms with Crippen molar-refractivity contribution in [1.82, 2.24) is 0 Å². The lowest BCUT2D eigenvalue weighted by Gasteiger charge is -2.37. The van der Waals surface area contributed by atoms with Gasteiger partial charge in [0.25, 0.3) is 23.9 Å². The van der Waals surface area contributed by atoms with Crippen molar-refractivity contribution in [3.8, 4) is 0 Å². The highest BCUT2D eigenvalue weighted by Crippen LogP contribution is 2.18. The van der Waals surface area contributed by atoms with Gasteiger partial charge in [0.15, 0.2) is 6.29 Å². The summed E-state index contributed by atoms with van der Waals surface area (Å²) in [5, 5.41) is 74.3. The van der Waals surface area contributed by atoms with Gasteiger partial charge >= 0.3 is 0 Å². The van der Waals surface area contributed by atoms with Crippen LogP contribution in [0.5, 0.6) is 0 Å². The van der Waals surface area contributed by atoms with E-state index in [1.807, 2.05) is 0 Å². The molecule has 0 spiro atoms. The lowest BCUT2D eigenvalue weighted by atomic mass is 10.00. The summed E-state index contributed by atoms with van der Waals surface area (Å²) in [4.78, 5) is 36.0. The molecule has 168 valence electrons. The van der Waals surface area contributed by atoms with E-state index in [0.29, 0.717) is 0 Å². The molecule has 0 aromatic rings. The Morgan fingerprint density at radius 1 is 0.643 bits per heavy atom. The summed E-state index contributed by atoms with van der Waals surface area (Å²) in [5.74, 6) is -3.33. The van der Waals surface area contributed by atoms with E-state index < -0.39 is 61.2 Å². The molecule has 14 nitrogen and oxygen atoms in total. The van der Waals surface area contributed by atoms with Crippen LogP contribution in [0, 0.1) is 0 Å². The fraction of sp³-hybridized carbons (Fsp3) is 0.714. The number of aliphatic hydroxyl groups is 5. The fourth-order valence-electron chi connectivity index (χ4n) is 1.08. The maximum absolute atomic E-state index is 9.12. The molecule has 0 unspecified atom stereocenters. The van der Waals surface area contributed by atoms with Gasteiger partial charge in [0, 0.05) is 27.7 Å². The second kappa shape index (κ2) is 19.4. The normalized spacial score (nSPS) is 24.7. The van der Waals surface area contributed by atoms with Crippen molar-refractivity contribution < 1.29 is 69.9 Å². The smallest absolute Gasteiger partial charge is 0.300 e. The molecule has 0 saturated carbocycles. The number of carboxylic acids is 4. The van der Waals surface area contributed by atoms with Crippen LogP contribution in [0.25, 0.3) is 0 Å². The van der Waals surface area contributed by atoms with Crippen molar-refractivity contribution in [2.75, 3.05) is 6.61 Å². The summed E-state index contributed by atoms with van der Waals surface area (Å²) >= 11 is 0. The number of ether oxygens (including phenoxy) is 1. The van der Waals surface area contributed by atoms with Gasteiger partial charge in [-0.1, -0.05) is 0 Å². The molecule has 0 aliphatic carbocycles. The maximum atomic E-state index is 9.12. The van der Waals surface area contributed by atoms with Crippen LogP contribution in [0.2, 0.25) is 0 Å². The zero-order valence-corrected chi connectivity index (χ0v) is 15.7. The fourth-order valence-corrected chi connectivity index (χ4v) is 1.08. The Balaban J connectivity index is -0.000000150. The highest BCUT2D eigenvalue weighted by molar-refractivity contribution is 5.63. The monoisotopic (exact) mass is 420 g/mol. The van der Waals surface area contributed by atoms with Crippen LogP contribution in [-0.4, -0.2) is 107 Å². The summed E-state index contributed by atoms with van der Waals surface area (Å²) in [5.41, 5.74) is 0. The lowest BCUT2D eigenvalue weighted by Crippen LogP contribution is -2.58. The van der Waals surface area contributed by atoms with E-state index in [1.54, 1.807) is 0 Å². The average molecular weight is 420 g/mol. The van der Waals surface area contributed by atoms with Crippen molar-refractivity contribution in [2.45, 2.75) is 58.4 Å². The van der Waals surface area contributed by atoms with Gasteiger partial charge in [-0.2, -0.15) is 0 Å². The molecule has 1 aliphatic heterocycles. The van der Waals surface area contributed by atoms with Crippen LogP contribution in [0.15, 0.2) is 0 Å². The van der Waals surface area contributed by atoms with Gasteiger partial charge in [0.1, 0.15) is 24.4 Å². The van der Waals surface area contributed by atoms with Gasteiger partial charge in [-0.25, -0.2) is 0 Å². The molecule has 14 heteroatoms. The lowest BCUT2D eigenvalue weighted by molar-refractivity contribution is -0.286. The van der Waals surface area contributed by atoms with E-state index in [-0.39, 0.29) is 0 Å². The van der Waals surface area contributed by atoms with Crippen LogP contribution in [0.3, 0.4) is 0 Å². The number of aliphatic carboxylic acids is 4. The van der Waals surface area contributed by atoms with Gasteiger partial charge in [0.2, 0.25) is 0 Å². The Morgan fingerprint density at radius 3 is 1.11 bits per heavy atom. The molecular weight excluding hydrogens is 392 g/mol. The summed E-state index contributed by atoms with van der Waals surface area (Å²) in [6, 6.07) is 0. The van der Waals surface area contributed by atoms with E-state index in [4.69, 9.17) is 65.1 Å². The minimum absolute atomic E-state index is 0.526. The molecule has 0 bridgehead atoms. The predicted molar refractivity (Wildman–Crippen MR) is 89.2 cm³/mol. The third kappa shape index (κ3) is 31.4. The van der Waals surface area contributed by atoms with E-state index in [9.17, 15) is 0 Å². The number of rotatable bonds is 1. The molecule has 0 amide bonds. The first kappa shape index (κ1) is 33.2. The van der Waals surface area contributed by atoms with Crippen molar-refractivity contribution in [2.24, 2.45) is 0 Å². The molecule has 5 atom stereocenters. The maximum Gasteiger partial charge on any atom is 0.300 e. The Hall–Kier alpha value is -2.36. The van der Waals surface area contributed by atoms with Crippen LogP contribution < -0.4 is 0 Å². The molecule has 1 saturated heterocycles. The van der Waals surface area contributed by atoms with E-state index in [2.05, 4.69) is 4.74 Å². The highest BCUT2D eigenvalue weighted by atomic mass is 16.6. The van der Waals surface area contributed by atoms with Crippen LogP contribution in [0.4, 0.5) is 0 Å². The first-order chi connectivity index (χ1) is 12.5. The minimum atomic E-state index is -1.57. The number of carboxylic acid groups (broad SMARTS) is 4. The number of carbonyl (C=O) groups is 4.